The fraction of sp³-hybridized carbons (Fsp3) is 0.444. The highest BCUT2D eigenvalue weighted by Gasteiger charge is 1.84. The fourth-order valence-electron chi connectivity index (χ4n) is 0.774. The predicted octanol–water partition coefficient (Wildman–Crippen LogP) is 2.49. The molecule has 0 aliphatic carbocycles. The van der Waals surface area contributed by atoms with Gasteiger partial charge in [0.2, 0.25) is 0 Å². The van der Waals surface area contributed by atoms with Gasteiger partial charge in [0.25, 0.3) is 0 Å². The highest BCUT2D eigenvalue weighted by Crippen LogP contribution is 2.00. The van der Waals surface area contributed by atoms with Gasteiger partial charge in [-0.1, -0.05) is 24.6 Å². The molecule has 0 aromatic carbocycles. The number of carbonyl (C=O) groups excluding carboxylic acids is 1. The SMILES string of the molecule is CC/C=C(C)/C=C(\C)C=O. The summed E-state index contributed by atoms with van der Waals surface area (Å²) in [5.41, 5.74) is 1.94. The Morgan fingerprint density at radius 1 is 1.30 bits per heavy atom. The predicted molar refractivity (Wildman–Crippen MR) is 43.9 cm³/mol. The molecule has 0 saturated carbocycles. The monoisotopic (exact) mass is 138 g/mol. The lowest BCUT2D eigenvalue weighted by Gasteiger charge is -1.90. The summed E-state index contributed by atoms with van der Waals surface area (Å²) in [5.74, 6) is 0. The van der Waals surface area contributed by atoms with Crippen LogP contribution in [0.2, 0.25) is 0 Å². The minimum Gasteiger partial charge on any atom is -0.298 e. The van der Waals surface area contributed by atoms with E-state index in [2.05, 4.69) is 13.0 Å². The molecule has 0 heterocycles. The minimum atomic E-state index is 0.780. The molecular weight excluding hydrogens is 124 g/mol. The van der Waals surface area contributed by atoms with E-state index in [-0.39, 0.29) is 0 Å². The van der Waals surface area contributed by atoms with Crippen LogP contribution < -0.4 is 0 Å². The van der Waals surface area contributed by atoms with Gasteiger partial charge in [-0.05, 0) is 25.8 Å². The van der Waals surface area contributed by atoms with Crippen molar-refractivity contribution in [1.29, 1.82) is 0 Å². The van der Waals surface area contributed by atoms with Crippen LogP contribution in [0.4, 0.5) is 0 Å². The summed E-state index contributed by atoms with van der Waals surface area (Å²) < 4.78 is 0. The smallest absolute Gasteiger partial charge is 0.145 e. The third kappa shape index (κ3) is 4.07. The van der Waals surface area contributed by atoms with Gasteiger partial charge in [-0.2, -0.15) is 0 Å². The highest BCUT2D eigenvalue weighted by atomic mass is 16.1. The molecule has 0 saturated heterocycles. The van der Waals surface area contributed by atoms with Gasteiger partial charge < -0.3 is 0 Å². The van der Waals surface area contributed by atoms with Crippen molar-refractivity contribution in [2.24, 2.45) is 0 Å². The van der Waals surface area contributed by atoms with E-state index in [0.29, 0.717) is 0 Å². The normalized spacial score (nSPS) is 13.5. The number of hydrogen-bond donors (Lipinski definition) is 0. The van der Waals surface area contributed by atoms with Crippen molar-refractivity contribution in [1.82, 2.24) is 0 Å². The standard InChI is InChI=1S/C9H14O/c1-4-5-8(2)6-9(3)7-10/h5-7H,4H2,1-3H3/b8-5+,9-6+. The van der Waals surface area contributed by atoms with Crippen LogP contribution in [-0.2, 0) is 4.79 Å². The van der Waals surface area contributed by atoms with Crippen molar-refractivity contribution in [2.75, 3.05) is 0 Å². The molecule has 0 aromatic rings. The minimum absolute atomic E-state index is 0.780. The van der Waals surface area contributed by atoms with Crippen LogP contribution in [0, 0.1) is 0 Å². The fourth-order valence-corrected chi connectivity index (χ4v) is 0.774. The first-order valence-corrected chi connectivity index (χ1v) is 3.51. The lowest BCUT2D eigenvalue weighted by Crippen LogP contribution is -1.77. The lowest BCUT2D eigenvalue weighted by molar-refractivity contribution is -0.104. The van der Waals surface area contributed by atoms with Crippen LogP contribution in [0.25, 0.3) is 0 Å². The zero-order valence-corrected chi connectivity index (χ0v) is 6.85. The summed E-state index contributed by atoms with van der Waals surface area (Å²) in [6.07, 6.45) is 5.87. The van der Waals surface area contributed by atoms with E-state index in [0.717, 1.165) is 23.9 Å². The van der Waals surface area contributed by atoms with Gasteiger partial charge in [0.05, 0.1) is 0 Å². The molecule has 0 aliphatic heterocycles. The Labute approximate surface area is 62.4 Å². The average molecular weight is 138 g/mol. The van der Waals surface area contributed by atoms with Gasteiger partial charge in [-0.3, -0.25) is 4.79 Å². The molecule has 56 valence electrons. The number of carbonyl (C=O) groups is 1. The van der Waals surface area contributed by atoms with Gasteiger partial charge in [-0.25, -0.2) is 0 Å². The molecule has 0 radical (unpaired) electrons. The molecule has 0 amide bonds. The van der Waals surface area contributed by atoms with E-state index >= 15 is 0 Å². The summed E-state index contributed by atoms with van der Waals surface area (Å²) in [6.45, 7) is 5.88. The van der Waals surface area contributed by atoms with E-state index in [9.17, 15) is 4.79 Å². The number of hydrogen-bond acceptors (Lipinski definition) is 1. The van der Waals surface area contributed by atoms with Crippen LogP contribution in [0.15, 0.2) is 23.3 Å². The van der Waals surface area contributed by atoms with Crippen LogP contribution >= 0.6 is 0 Å². The Morgan fingerprint density at radius 3 is 2.30 bits per heavy atom. The van der Waals surface area contributed by atoms with Crippen molar-refractivity contribution in [2.45, 2.75) is 27.2 Å². The lowest BCUT2D eigenvalue weighted by atomic mass is 10.2. The topological polar surface area (TPSA) is 17.1 Å². The van der Waals surface area contributed by atoms with E-state index in [4.69, 9.17) is 0 Å². The first kappa shape index (κ1) is 9.15. The van der Waals surface area contributed by atoms with Crippen LogP contribution in [0.3, 0.4) is 0 Å². The van der Waals surface area contributed by atoms with Gasteiger partial charge in [-0.15, -0.1) is 0 Å². The second kappa shape index (κ2) is 4.98. The van der Waals surface area contributed by atoms with E-state index in [1.165, 1.54) is 0 Å². The highest BCUT2D eigenvalue weighted by molar-refractivity contribution is 5.73. The zero-order valence-electron chi connectivity index (χ0n) is 6.85. The third-order valence-corrected chi connectivity index (χ3v) is 1.17. The van der Waals surface area contributed by atoms with Crippen molar-refractivity contribution < 1.29 is 4.79 Å². The van der Waals surface area contributed by atoms with Gasteiger partial charge in [0.1, 0.15) is 6.29 Å². The van der Waals surface area contributed by atoms with Crippen molar-refractivity contribution in [3.8, 4) is 0 Å². The molecule has 0 aliphatic rings. The Morgan fingerprint density at radius 2 is 1.90 bits per heavy atom. The third-order valence-electron chi connectivity index (χ3n) is 1.17. The maximum Gasteiger partial charge on any atom is 0.145 e. The van der Waals surface area contributed by atoms with Crippen molar-refractivity contribution >= 4 is 6.29 Å². The van der Waals surface area contributed by atoms with Gasteiger partial charge in [0, 0.05) is 0 Å². The molecule has 10 heavy (non-hydrogen) atoms. The number of rotatable bonds is 3. The zero-order chi connectivity index (χ0) is 7.98. The van der Waals surface area contributed by atoms with E-state index in [1.807, 2.05) is 13.0 Å². The quantitative estimate of drug-likeness (QED) is 0.332. The summed E-state index contributed by atoms with van der Waals surface area (Å²) >= 11 is 0. The van der Waals surface area contributed by atoms with Crippen molar-refractivity contribution in [3.63, 3.8) is 0 Å². The largest absolute Gasteiger partial charge is 0.298 e. The molecule has 0 spiro atoms. The maximum atomic E-state index is 10.1. The molecule has 0 rings (SSSR count). The van der Waals surface area contributed by atoms with Gasteiger partial charge >= 0.3 is 0 Å². The first-order valence-electron chi connectivity index (χ1n) is 3.51. The maximum absolute atomic E-state index is 10.1. The van der Waals surface area contributed by atoms with Crippen LogP contribution in [0.1, 0.15) is 27.2 Å². The first-order chi connectivity index (χ1) is 4.70. The molecule has 0 N–H and O–H groups in total. The number of allylic oxidation sites excluding steroid dienone is 4. The Kier molecular flexibility index (Phi) is 4.55. The summed E-state index contributed by atoms with van der Waals surface area (Å²) in [7, 11) is 0. The van der Waals surface area contributed by atoms with Gasteiger partial charge in [0.15, 0.2) is 0 Å². The Bertz CT molecular complexity index is 164. The van der Waals surface area contributed by atoms with E-state index in [1.54, 1.807) is 6.92 Å². The molecular formula is C9H14O. The average Bonchev–Trinajstić information content (AvgIpc) is 1.88. The molecule has 0 fully saturated rings. The van der Waals surface area contributed by atoms with Crippen molar-refractivity contribution in [3.05, 3.63) is 23.3 Å². The molecule has 0 aromatic heterocycles. The van der Waals surface area contributed by atoms with E-state index < -0.39 is 0 Å². The summed E-state index contributed by atoms with van der Waals surface area (Å²) in [6, 6.07) is 0. The Balaban J connectivity index is 4.11. The summed E-state index contributed by atoms with van der Waals surface area (Å²) in [4.78, 5) is 10.1. The molecule has 0 atom stereocenters. The number of aldehydes is 1. The van der Waals surface area contributed by atoms with Crippen LogP contribution in [-0.4, -0.2) is 6.29 Å². The molecule has 1 heteroatoms. The summed E-state index contributed by atoms with van der Waals surface area (Å²) in [5, 5.41) is 0. The Hall–Kier alpha value is -0.850. The second-order valence-electron chi connectivity index (χ2n) is 2.36. The van der Waals surface area contributed by atoms with Crippen LogP contribution in [0.5, 0.6) is 0 Å². The molecule has 0 unspecified atom stereocenters. The molecule has 1 nitrogen and oxygen atoms in total. The second-order valence-corrected chi connectivity index (χ2v) is 2.36. The molecule has 0 bridgehead atoms.